The maximum atomic E-state index is 12.6. The van der Waals surface area contributed by atoms with Crippen LogP contribution in [-0.2, 0) is 4.79 Å². The van der Waals surface area contributed by atoms with Crippen LogP contribution in [0, 0.1) is 18.3 Å². The molecule has 0 radical (unpaired) electrons. The zero-order valence-corrected chi connectivity index (χ0v) is 15.6. The summed E-state index contributed by atoms with van der Waals surface area (Å²) in [5.41, 5.74) is 3.04. The van der Waals surface area contributed by atoms with Gasteiger partial charge in [-0.15, -0.1) is 0 Å². The Kier molecular flexibility index (Phi) is 7.06. The number of nitrogens with zero attached hydrogens (tertiary/aromatic N) is 1. The fourth-order valence-electron chi connectivity index (χ4n) is 3.32. The molecule has 134 valence electrons. The minimum Gasteiger partial charge on any atom is -0.387 e. The van der Waals surface area contributed by atoms with E-state index in [4.69, 9.17) is 0 Å². The Balaban J connectivity index is 2.10. The largest absolute Gasteiger partial charge is 0.387 e. The van der Waals surface area contributed by atoms with Gasteiger partial charge in [-0.3, -0.25) is 4.79 Å². The lowest BCUT2D eigenvalue weighted by molar-refractivity contribution is -0.112. The number of hydrogen-bond donors (Lipinski definition) is 2. The van der Waals surface area contributed by atoms with Crippen molar-refractivity contribution >= 4 is 11.6 Å². The SMILES string of the molecule is Cc1cccc(C(C)C)c1NC(=O)/C(C#N)=C\NC1CCCCCC1. The van der Waals surface area contributed by atoms with Gasteiger partial charge in [0.2, 0.25) is 0 Å². The van der Waals surface area contributed by atoms with Gasteiger partial charge in [-0.1, -0.05) is 57.7 Å². The number of carbonyl (C=O) groups is 1. The van der Waals surface area contributed by atoms with Crippen molar-refractivity contribution in [2.45, 2.75) is 71.3 Å². The van der Waals surface area contributed by atoms with Crippen molar-refractivity contribution in [3.05, 3.63) is 41.1 Å². The number of amides is 1. The van der Waals surface area contributed by atoms with Gasteiger partial charge < -0.3 is 10.6 Å². The lowest BCUT2D eigenvalue weighted by atomic mass is 9.98. The second kappa shape index (κ2) is 9.27. The molecule has 1 fully saturated rings. The highest BCUT2D eigenvalue weighted by Crippen LogP contribution is 2.27. The summed E-state index contributed by atoms with van der Waals surface area (Å²) in [6, 6.07) is 8.39. The molecular formula is C21H29N3O. The van der Waals surface area contributed by atoms with E-state index in [0.29, 0.717) is 12.0 Å². The summed E-state index contributed by atoms with van der Waals surface area (Å²) in [6.45, 7) is 6.17. The maximum Gasteiger partial charge on any atom is 0.267 e. The standard InChI is InChI=1S/C21H29N3O/c1-15(2)19-12-8-9-16(3)20(19)24-21(25)17(13-22)14-23-18-10-6-4-5-7-11-18/h8-9,12,14-15,18,23H,4-7,10-11H2,1-3H3,(H,24,25)/b17-14-. The molecule has 2 rings (SSSR count). The van der Waals surface area contributed by atoms with E-state index in [0.717, 1.165) is 29.7 Å². The van der Waals surface area contributed by atoms with Crippen molar-refractivity contribution in [2.75, 3.05) is 5.32 Å². The van der Waals surface area contributed by atoms with Crippen molar-refractivity contribution < 1.29 is 4.79 Å². The van der Waals surface area contributed by atoms with Crippen molar-refractivity contribution in [2.24, 2.45) is 0 Å². The Morgan fingerprint density at radius 3 is 2.52 bits per heavy atom. The molecule has 1 amide bonds. The van der Waals surface area contributed by atoms with Crippen LogP contribution in [0.5, 0.6) is 0 Å². The summed E-state index contributed by atoms with van der Waals surface area (Å²) in [5, 5.41) is 15.6. The summed E-state index contributed by atoms with van der Waals surface area (Å²) in [6.07, 6.45) is 8.77. The van der Waals surface area contributed by atoms with Crippen LogP contribution in [0.2, 0.25) is 0 Å². The molecule has 1 aliphatic carbocycles. The first-order chi connectivity index (χ1) is 12.0. The maximum absolute atomic E-state index is 12.6. The molecular weight excluding hydrogens is 310 g/mol. The summed E-state index contributed by atoms with van der Waals surface area (Å²) < 4.78 is 0. The number of benzene rings is 1. The molecule has 0 bridgehead atoms. The average molecular weight is 339 g/mol. The van der Waals surface area contributed by atoms with Crippen molar-refractivity contribution in [3.63, 3.8) is 0 Å². The topological polar surface area (TPSA) is 64.9 Å². The second-order valence-corrected chi connectivity index (χ2v) is 7.17. The minimum atomic E-state index is -0.347. The van der Waals surface area contributed by atoms with Crippen LogP contribution in [0.15, 0.2) is 30.0 Å². The molecule has 1 aromatic rings. The third-order valence-corrected chi connectivity index (χ3v) is 4.85. The van der Waals surface area contributed by atoms with Gasteiger partial charge >= 0.3 is 0 Å². The van der Waals surface area contributed by atoms with Crippen LogP contribution in [0.1, 0.15) is 69.4 Å². The molecule has 0 heterocycles. The summed E-state index contributed by atoms with van der Waals surface area (Å²) in [7, 11) is 0. The molecule has 4 nitrogen and oxygen atoms in total. The lowest BCUT2D eigenvalue weighted by Crippen LogP contribution is -2.25. The Morgan fingerprint density at radius 1 is 1.24 bits per heavy atom. The van der Waals surface area contributed by atoms with E-state index in [1.807, 2.05) is 31.2 Å². The van der Waals surface area contributed by atoms with Crippen molar-refractivity contribution in [3.8, 4) is 6.07 Å². The molecule has 2 N–H and O–H groups in total. The highest BCUT2D eigenvalue weighted by atomic mass is 16.1. The number of anilines is 1. The first kappa shape index (κ1) is 19.1. The number of nitriles is 1. The summed E-state index contributed by atoms with van der Waals surface area (Å²) >= 11 is 0. The molecule has 0 atom stereocenters. The van der Waals surface area contributed by atoms with E-state index >= 15 is 0 Å². The van der Waals surface area contributed by atoms with Crippen molar-refractivity contribution in [1.82, 2.24) is 5.32 Å². The number of rotatable bonds is 5. The van der Waals surface area contributed by atoms with Crippen LogP contribution in [0.4, 0.5) is 5.69 Å². The molecule has 0 unspecified atom stereocenters. The van der Waals surface area contributed by atoms with E-state index < -0.39 is 0 Å². The molecule has 0 saturated heterocycles. The van der Waals surface area contributed by atoms with Crippen molar-refractivity contribution in [1.29, 1.82) is 5.26 Å². The van der Waals surface area contributed by atoms with Gasteiger partial charge in [0, 0.05) is 17.9 Å². The molecule has 1 aliphatic rings. The molecule has 4 heteroatoms. The zero-order chi connectivity index (χ0) is 18.2. The molecule has 0 spiro atoms. The third kappa shape index (κ3) is 5.35. The second-order valence-electron chi connectivity index (χ2n) is 7.17. The van der Waals surface area contributed by atoms with Gasteiger partial charge in [0.05, 0.1) is 0 Å². The van der Waals surface area contributed by atoms with Gasteiger partial charge in [-0.2, -0.15) is 5.26 Å². The molecule has 1 saturated carbocycles. The predicted octanol–water partition coefficient (Wildman–Crippen LogP) is 4.78. The molecule has 1 aromatic carbocycles. The van der Waals surface area contributed by atoms with Crippen LogP contribution in [0.25, 0.3) is 0 Å². The van der Waals surface area contributed by atoms with Crippen LogP contribution in [0.3, 0.4) is 0 Å². The van der Waals surface area contributed by atoms with Crippen LogP contribution < -0.4 is 10.6 Å². The van der Waals surface area contributed by atoms with E-state index in [1.54, 1.807) is 6.20 Å². The van der Waals surface area contributed by atoms with E-state index in [9.17, 15) is 10.1 Å². The summed E-state index contributed by atoms with van der Waals surface area (Å²) in [4.78, 5) is 12.6. The van der Waals surface area contributed by atoms with Gasteiger partial charge in [-0.05, 0) is 36.8 Å². The van der Waals surface area contributed by atoms with E-state index in [1.165, 1.54) is 25.7 Å². The Labute approximate surface area is 151 Å². The number of hydrogen-bond acceptors (Lipinski definition) is 3. The first-order valence-electron chi connectivity index (χ1n) is 9.30. The Morgan fingerprint density at radius 2 is 1.92 bits per heavy atom. The molecule has 25 heavy (non-hydrogen) atoms. The molecule has 0 aromatic heterocycles. The average Bonchev–Trinajstić information content (AvgIpc) is 2.86. The van der Waals surface area contributed by atoms with E-state index in [2.05, 4.69) is 24.5 Å². The zero-order valence-electron chi connectivity index (χ0n) is 15.6. The molecule has 0 aliphatic heterocycles. The highest BCUT2D eigenvalue weighted by Gasteiger charge is 2.16. The first-order valence-corrected chi connectivity index (χ1v) is 9.30. The Hall–Kier alpha value is -2.28. The van der Waals surface area contributed by atoms with Crippen LogP contribution in [-0.4, -0.2) is 11.9 Å². The Bertz CT molecular complexity index is 662. The number of carbonyl (C=O) groups excluding carboxylic acids is 1. The number of para-hydroxylation sites is 1. The number of aryl methyl sites for hydroxylation is 1. The van der Waals surface area contributed by atoms with Crippen LogP contribution >= 0.6 is 0 Å². The van der Waals surface area contributed by atoms with Gasteiger partial charge in [0.1, 0.15) is 11.6 Å². The predicted molar refractivity (Wildman–Crippen MR) is 102 cm³/mol. The quantitative estimate of drug-likeness (QED) is 0.461. The van der Waals surface area contributed by atoms with Gasteiger partial charge in [0.25, 0.3) is 5.91 Å². The van der Waals surface area contributed by atoms with Gasteiger partial charge in [-0.25, -0.2) is 0 Å². The third-order valence-electron chi connectivity index (χ3n) is 4.85. The fraction of sp³-hybridized carbons (Fsp3) is 0.524. The lowest BCUT2D eigenvalue weighted by Gasteiger charge is -2.17. The minimum absolute atomic E-state index is 0.127. The van der Waals surface area contributed by atoms with E-state index in [-0.39, 0.29) is 11.5 Å². The monoisotopic (exact) mass is 339 g/mol. The highest BCUT2D eigenvalue weighted by molar-refractivity contribution is 6.07. The smallest absolute Gasteiger partial charge is 0.267 e. The normalized spacial score (nSPS) is 16.2. The summed E-state index contributed by atoms with van der Waals surface area (Å²) in [5.74, 6) is -0.0475. The fourth-order valence-corrected chi connectivity index (χ4v) is 3.32. The van der Waals surface area contributed by atoms with Gasteiger partial charge in [0.15, 0.2) is 0 Å². The number of nitrogens with one attached hydrogen (secondary N) is 2.